The smallest absolute Gasteiger partial charge is 0.314 e. The molecule has 122 valence electrons. The van der Waals surface area contributed by atoms with Crippen molar-refractivity contribution in [1.29, 1.82) is 0 Å². The van der Waals surface area contributed by atoms with Gasteiger partial charge in [0.05, 0.1) is 12.8 Å². The Bertz CT molecular complexity index is 735. The Morgan fingerprint density at radius 2 is 2.26 bits per heavy atom. The number of furan rings is 1. The molecule has 2 aromatic rings. The Morgan fingerprint density at radius 1 is 1.43 bits per heavy atom. The van der Waals surface area contributed by atoms with Gasteiger partial charge in [-0.3, -0.25) is 14.9 Å². The lowest BCUT2D eigenvalue weighted by atomic mass is 9.83. The van der Waals surface area contributed by atoms with Gasteiger partial charge in [-0.2, -0.15) is 0 Å². The second kappa shape index (κ2) is 5.88. The van der Waals surface area contributed by atoms with Gasteiger partial charge in [0.25, 0.3) is 0 Å². The van der Waals surface area contributed by atoms with Gasteiger partial charge < -0.3 is 19.4 Å². The standard InChI is InChI=1S/C15H17N3O5/c1-9-7-12(18-23-9)17-14(20)13(19)16-8-15(21)5-2-3-11-10(15)4-6-22-11/h4,6-7,21H,2-3,5,8H2,1H3,(H,16,19)(H,17,18,20). The summed E-state index contributed by atoms with van der Waals surface area (Å²) in [6, 6.07) is 3.19. The molecule has 8 nitrogen and oxygen atoms in total. The lowest BCUT2D eigenvalue weighted by Gasteiger charge is -2.31. The van der Waals surface area contributed by atoms with Crippen LogP contribution in [-0.2, 0) is 21.6 Å². The maximum absolute atomic E-state index is 11.9. The van der Waals surface area contributed by atoms with Gasteiger partial charge in [0.2, 0.25) is 0 Å². The number of aromatic nitrogens is 1. The largest absolute Gasteiger partial charge is 0.469 e. The maximum Gasteiger partial charge on any atom is 0.314 e. The van der Waals surface area contributed by atoms with Gasteiger partial charge >= 0.3 is 11.8 Å². The van der Waals surface area contributed by atoms with Crippen LogP contribution in [0.5, 0.6) is 0 Å². The zero-order valence-electron chi connectivity index (χ0n) is 12.6. The minimum absolute atomic E-state index is 0.0658. The van der Waals surface area contributed by atoms with Crippen molar-refractivity contribution in [2.24, 2.45) is 0 Å². The Labute approximate surface area is 131 Å². The third kappa shape index (κ3) is 3.11. The molecular weight excluding hydrogens is 302 g/mol. The van der Waals surface area contributed by atoms with Gasteiger partial charge in [-0.1, -0.05) is 5.16 Å². The first-order valence-corrected chi connectivity index (χ1v) is 7.30. The van der Waals surface area contributed by atoms with Crippen molar-refractivity contribution in [3.05, 3.63) is 35.5 Å². The molecule has 1 aliphatic carbocycles. The van der Waals surface area contributed by atoms with E-state index in [1.54, 1.807) is 13.0 Å². The van der Waals surface area contributed by atoms with Crippen LogP contribution in [0.1, 0.15) is 29.9 Å². The normalized spacial score (nSPS) is 19.9. The predicted octanol–water partition coefficient (Wildman–Crippen LogP) is 0.855. The van der Waals surface area contributed by atoms with Crippen molar-refractivity contribution < 1.29 is 23.6 Å². The maximum atomic E-state index is 11.9. The first-order valence-electron chi connectivity index (χ1n) is 7.30. The predicted molar refractivity (Wildman–Crippen MR) is 78.4 cm³/mol. The third-order valence-electron chi connectivity index (χ3n) is 3.86. The monoisotopic (exact) mass is 319 g/mol. The van der Waals surface area contributed by atoms with Gasteiger partial charge in [0, 0.05) is 18.1 Å². The number of hydrogen-bond acceptors (Lipinski definition) is 6. The van der Waals surface area contributed by atoms with Crippen LogP contribution in [0.15, 0.2) is 27.3 Å². The van der Waals surface area contributed by atoms with E-state index in [1.165, 1.54) is 12.3 Å². The van der Waals surface area contributed by atoms with E-state index in [-0.39, 0.29) is 12.4 Å². The number of carbonyl (C=O) groups excluding carboxylic acids is 2. The number of amides is 2. The van der Waals surface area contributed by atoms with Crippen LogP contribution in [-0.4, -0.2) is 28.6 Å². The van der Waals surface area contributed by atoms with Crippen LogP contribution in [0.4, 0.5) is 5.82 Å². The summed E-state index contributed by atoms with van der Waals surface area (Å²) in [5.74, 6) is -0.323. The number of nitrogens with zero attached hydrogens (tertiary/aromatic N) is 1. The topological polar surface area (TPSA) is 118 Å². The molecule has 0 saturated heterocycles. The van der Waals surface area contributed by atoms with Crippen LogP contribution in [0.25, 0.3) is 0 Å². The summed E-state index contributed by atoms with van der Waals surface area (Å²) in [5, 5.41) is 19.0. The highest BCUT2D eigenvalue weighted by molar-refractivity contribution is 6.39. The number of anilines is 1. The zero-order chi connectivity index (χ0) is 16.4. The molecule has 3 N–H and O–H groups in total. The second-order valence-electron chi connectivity index (χ2n) is 5.60. The van der Waals surface area contributed by atoms with Gasteiger partial charge in [0.1, 0.15) is 17.1 Å². The van der Waals surface area contributed by atoms with E-state index in [2.05, 4.69) is 15.8 Å². The Morgan fingerprint density at radius 3 is 3.00 bits per heavy atom. The molecule has 23 heavy (non-hydrogen) atoms. The molecule has 2 heterocycles. The number of aliphatic hydroxyl groups is 1. The van der Waals surface area contributed by atoms with E-state index in [1.807, 2.05) is 0 Å². The fraction of sp³-hybridized carbons (Fsp3) is 0.400. The lowest BCUT2D eigenvalue weighted by Crippen LogP contribution is -2.45. The molecule has 8 heteroatoms. The summed E-state index contributed by atoms with van der Waals surface area (Å²) in [6.45, 7) is 1.60. The van der Waals surface area contributed by atoms with Crippen molar-refractivity contribution in [1.82, 2.24) is 10.5 Å². The highest BCUT2D eigenvalue weighted by atomic mass is 16.5. The van der Waals surface area contributed by atoms with Crippen LogP contribution < -0.4 is 10.6 Å². The number of rotatable bonds is 3. The van der Waals surface area contributed by atoms with E-state index in [0.29, 0.717) is 17.7 Å². The SMILES string of the molecule is Cc1cc(NC(=O)C(=O)NCC2(O)CCCc3occc32)no1. The summed E-state index contributed by atoms with van der Waals surface area (Å²) in [7, 11) is 0. The molecule has 2 aromatic heterocycles. The molecule has 2 amide bonds. The highest BCUT2D eigenvalue weighted by Gasteiger charge is 2.37. The number of hydrogen-bond donors (Lipinski definition) is 3. The Kier molecular flexibility index (Phi) is 3.91. The van der Waals surface area contributed by atoms with Gasteiger partial charge in [-0.15, -0.1) is 0 Å². The molecule has 1 unspecified atom stereocenters. The van der Waals surface area contributed by atoms with Crippen molar-refractivity contribution in [3.63, 3.8) is 0 Å². The van der Waals surface area contributed by atoms with Crippen LogP contribution in [0.3, 0.4) is 0 Å². The van der Waals surface area contributed by atoms with E-state index < -0.39 is 17.4 Å². The Hall–Kier alpha value is -2.61. The molecule has 0 fully saturated rings. The van der Waals surface area contributed by atoms with Crippen molar-refractivity contribution >= 4 is 17.6 Å². The molecule has 0 aliphatic heterocycles. The highest BCUT2D eigenvalue weighted by Crippen LogP contribution is 2.35. The van der Waals surface area contributed by atoms with E-state index in [9.17, 15) is 14.7 Å². The summed E-state index contributed by atoms with van der Waals surface area (Å²) < 4.78 is 10.1. The van der Waals surface area contributed by atoms with Crippen LogP contribution >= 0.6 is 0 Å². The fourth-order valence-electron chi connectivity index (χ4n) is 2.71. The minimum atomic E-state index is -1.22. The summed E-state index contributed by atoms with van der Waals surface area (Å²) in [6.07, 6.45) is 3.51. The molecule has 0 aromatic carbocycles. The molecule has 0 bridgehead atoms. The number of nitrogens with one attached hydrogen (secondary N) is 2. The van der Waals surface area contributed by atoms with E-state index in [0.717, 1.165) is 18.6 Å². The third-order valence-corrected chi connectivity index (χ3v) is 3.86. The lowest BCUT2D eigenvalue weighted by molar-refractivity contribution is -0.137. The molecule has 3 rings (SSSR count). The Balaban J connectivity index is 1.60. The molecule has 0 spiro atoms. The number of carbonyl (C=O) groups is 2. The average molecular weight is 319 g/mol. The molecule has 0 radical (unpaired) electrons. The fourth-order valence-corrected chi connectivity index (χ4v) is 2.71. The minimum Gasteiger partial charge on any atom is -0.469 e. The van der Waals surface area contributed by atoms with Gasteiger partial charge in [0.15, 0.2) is 5.82 Å². The summed E-state index contributed by atoms with van der Waals surface area (Å²) in [4.78, 5) is 23.7. The van der Waals surface area contributed by atoms with Crippen LogP contribution in [0, 0.1) is 6.92 Å². The summed E-state index contributed by atoms with van der Waals surface area (Å²) >= 11 is 0. The first-order chi connectivity index (χ1) is 11.0. The van der Waals surface area contributed by atoms with Crippen LogP contribution in [0.2, 0.25) is 0 Å². The van der Waals surface area contributed by atoms with E-state index >= 15 is 0 Å². The van der Waals surface area contributed by atoms with Gasteiger partial charge in [-0.25, -0.2) is 0 Å². The zero-order valence-corrected chi connectivity index (χ0v) is 12.6. The van der Waals surface area contributed by atoms with Gasteiger partial charge in [-0.05, 0) is 25.8 Å². The van der Waals surface area contributed by atoms with E-state index in [4.69, 9.17) is 8.94 Å². The first kappa shape index (κ1) is 15.3. The van der Waals surface area contributed by atoms with Crippen molar-refractivity contribution in [2.75, 3.05) is 11.9 Å². The average Bonchev–Trinajstić information content (AvgIpc) is 3.15. The van der Waals surface area contributed by atoms with Crippen molar-refractivity contribution in [3.8, 4) is 0 Å². The second-order valence-corrected chi connectivity index (χ2v) is 5.60. The molecule has 0 saturated carbocycles. The number of fused-ring (bicyclic) bond motifs is 1. The quantitative estimate of drug-likeness (QED) is 0.722. The molecule has 1 aliphatic rings. The molecular formula is C15H17N3O5. The summed E-state index contributed by atoms with van der Waals surface area (Å²) in [5.41, 5.74) is -0.558. The number of aryl methyl sites for hydroxylation is 2. The molecule has 1 atom stereocenters. The van der Waals surface area contributed by atoms with Crippen molar-refractivity contribution in [2.45, 2.75) is 31.8 Å².